The van der Waals surface area contributed by atoms with Gasteiger partial charge < -0.3 is 10.1 Å². The van der Waals surface area contributed by atoms with Crippen molar-refractivity contribution in [2.45, 2.75) is 0 Å². The zero-order valence-corrected chi connectivity index (χ0v) is 12.4. The van der Waals surface area contributed by atoms with Crippen molar-refractivity contribution < 1.29 is 14.3 Å². The Bertz CT molecular complexity index is 629. The summed E-state index contributed by atoms with van der Waals surface area (Å²) in [4.78, 5) is 23.6. The molecule has 1 aromatic carbocycles. The summed E-state index contributed by atoms with van der Waals surface area (Å²) in [6, 6.07) is 8.04. The van der Waals surface area contributed by atoms with Crippen LogP contribution in [0, 0.1) is 0 Å². The maximum absolute atomic E-state index is 11.6. The van der Waals surface area contributed by atoms with E-state index in [-0.39, 0.29) is 6.61 Å². The molecule has 1 amide bonds. The third-order valence-electron chi connectivity index (χ3n) is 2.26. The van der Waals surface area contributed by atoms with E-state index >= 15 is 0 Å². The molecule has 0 atom stereocenters. The molecule has 0 saturated carbocycles. The highest BCUT2D eigenvalue weighted by atomic mass is 35.5. The number of esters is 1. The van der Waals surface area contributed by atoms with Gasteiger partial charge in [-0.15, -0.1) is 11.3 Å². The topological polar surface area (TPSA) is 55.4 Å². The lowest BCUT2D eigenvalue weighted by Gasteiger charge is -2.07. The van der Waals surface area contributed by atoms with Crippen LogP contribution in [0.25, 0.3) is 0 Å². The minimum absolute atomic E-state index is 0.315. The maximum atomic E-state index is 11.6. The molecule has 1 heterocycles. The fourth-order valence-electron chi connectivity index (χ4n) is 1.37. The quantitative estimate of drug-likeness (QED) is 0.867. The predicted octanol–water partition coefficient (Wildman–Crippen LogP) is 3.85. The van der Waals surface area contributed by atoms with Crippen LogP contribution in [0.4, 0.5) is 5.69 Å². The van der Waals surface area contributed by atoms with Gasteiger partial charge in [-0.2, -0.15) is 0 Å². The van der Waals surface area contributed by atoms with Crippen molar-refractivity contribution in [3.8, 4) is 0 Å². The van der Waals surface area contributed by atoms with E-state index in [2.05, 4.69) is 5.32 Å². The molecule has 104 valence electrons. The molecule has 1 aromatic heterocycles. The number of thiophene rings is 1. The van der Waals surface area contributed by atoms with Crippen LogP contribution in [0.2, 0.25) is 10.0 Å². The average Bonchev–Trinajstić information content (AvgIpc) is 2.93. The number of amides is 1. The van der Waals surface area contributed by atoms with Crippen LogP contribution in [0.1, 0.15) is 9.67 Å². The van der Waals surface area contributed by atoms with E-state index in [0.717, 1.165) is 0 Å². The third kappa shape index (κ3) is 3.96. The van der Waals surface area contributed by atoms with Gasteiger partial charge in [0.05, 0.1) is 10.7 Å². The minimum atomic E-state index is -0.530. The Balaban J connectivity index is 1.88. The van der Waals surface area contributed by atoms with Gasteiger partial charge >= 0.3 is 5.97 Å². The molecule has 7 heteroatoms. The summed E-state index contributed by atoms with van der Waals surface area (Å²) in [5.41, 5.74) is 0.410. The largest absolute Gasteiger partial charge is 0.451 e. The van der Waals surface area contributed by atoms with E-state index in [1.54, 1.807) is 29.6 Å². The van der Waals surface area contributed by atoms with E-state index in [0.29, 0.717) is 20.6 Å². The van der Waals surface area contributed by atoms with E-state index in [9.17, 15) is 9.59 Å². The van der Waals surface area contributed by atoms with Crippen molar-refractivity contribution in [1.82, 2.24) is 0 Å². The fraction of sp³-hybridized carbons (Fsp3) is 0.0769. The molecule has 0 bridgehead atoms. The lowest BCUT2D eigenvalue weighted by Crippen LogP contribution is -2.20. The zero-order chi connectivity index (χ0) is 14.5. The number of ether oxygens (including phenoxy) is 1. The molecule has 0 radical (unpaired) electrons. The Morgan fingerprint density at radius 2 is 2.05 bits per heavy atom. The summed E-state index contributed by atoms with van der Waals surface area (Å²) < 4.78 is 4.87. The molecule has 4 nitrogen and oxygen atoms in total. The van der Waals surface area contributed by atoms with Crippen molar-refractivity contribution in [3.05, 3.63) is 50.6 Å². The van der Waals surface area contributed by atoms with Gasteiger partial charge in [0, 0.05) is 5.02 Å². The van der Waals surface area contributed by atoms with Crippen LogP contribution in [0.3, 0.4) is 0 Å². The SMILES string of the molecule is O=C(COC(=O)c1cccs1)Nc1ccc(Cl)cc1Cl. The molecular formula is C13H9Cl2NO3S. The van der Waals surface area contributed by atoms with Gasteiger partial charge in [-0.05, 0) is 29.6 Å². The number of nitrogens with one attached hydrogen (secondary N) is 1. The van der Waals surface area contributed by atoms with Crippen LogP contribution in [-0.4, -0.2) is 18.5 Å². The number of carbonyl (C=O) groups excluding carboxylic acids is 2. The molecule has 1 N–H and O–H groups in total. The Morgan fingerprint density at radius 1 is 1.25 bits per heavy atom. The van der Waals surface area contributed by atoms with E-state index < -0.39 is 11.9 Å². The highest BCUT2D eigenvalue weighted by molar-refractivity contribution is 7.11. The summed E-state index contributed by atoms with van der Waals surface area (Å²) in [5, 5.41) is 5.07. The van der Waals surface area contributed by atoms with E-state index in [4.69, 9.17) is 27.9 Å². The van der Waals surface area contributed by atoms with Crippen molar-refractivity contribution in [1.29, 1.82) is 0 Å². The number of carbonyl (C=O) groups is 2. The van der Waals surface area contributed by atoms with Gasteiger partial charge in [0.2, 0.25) is 0 Å². The second-order valence-electron chi connectivity index (χ2n) is 3.73. The first-order valence-corrected chi connectivity index (χ1v) is 7.15. The molecule has 0 aliphatic carbocycles. The highest BCUT2D eigenvalue weighted by Gasteiger charge is 2.12. The monoisotopic (exact) mass is 329 g/mol. The van der Waals surface area contributed by atoms with Crippen LogP contribution < -0.4 is 5.32 Å². The Hall–Kier alpha value is -1.56. The van der Waals surface area contributed by atoms with Gasteiger partial charge in [0.25, 0.3) is 5.91 Å². The van der Waals surface area contributed by atoms with Gasteiger partial charge in [-0.1, -0.05) is 29.3 Å². The Kier molecular flexibility index (Phi) is 5.00. The summed E-state index contributed by atoms with van der Waals surface area (Å²) in [6.45, 7) is -0.379. The van der Waals surface area contributed by atoms with Crippen molar-refractivity contribution in [3.63, 3.8) is 0 Å². The second kappa shape index (κ2) is 6.74. The number of halogens is 2. The summed E-state index contributed by atoms with van der Waals surface area (Å²) in [6.07, 6.45) is 0. The highest BCUT2D eigenvalue weighted by Crippen LogP contribution is 2.25. The fourth-order valence-corrected chi connectivity index (χ4v) is 2.45. The summed E-state index contributed by atoms with van der Waals surface area (Å²) in [7, 11) is 0. The number of hydrogen-bond donors (Lipinski definition) is 1. The smallest absolute Gasteiger partial charge is 0.348 e. The number of anilines is 1. The zero-order valence-electron chi connectivity index (χ0n) is 10.1. The minimum Gasteiger partial charge on any atom is -0.451 e. The van der Waals surface area contributed by atoms with Gasteiger partial charge in [0.15, 0.2) is 6.61 Å². The van der Waals surface area contributed by atoms with E-state index in [1.807, 2.05) is 0 Å². The molecule has 0 unspecified atom stereocenters. The van der Waals surface area contributed by atoms with Gasteiger partial charge in [-0.25, -0.2) is 4.79 Å². The second-order valence-corrected chi connectivity index (χ2v) is 5.52. The molecule has 0 saturated heterocycles. The molecule has 20 heavy (non-hydrogen) atoms. The number of hydrogen-bond acceptors (Lipinski definition) is 4. The third-order valence-corrected chi connectivity index (χ3v) is 3.66. The van der Waals surface area contributed by atoms with Crippen molar-refractivity contribution in [2.24, 2.45) is 0 Å². The Labute approximate surface area is 129 Å². The maximum Gasteiger partial charge on any atom is 0.348 e. The first-order chi connectivity index (χ1) is 9.56. The standard InChI is InChI=1S/C13H9Cl2NO3S/c14-8-3-4-10(9(15)6-8)16-12(17)7-19-13(18)11-2-1-5-20-11/h1-6H,7H2,(H,16,17). The molecule has 0 aliphatic heterocycles. The van der Waals surface area contributed by atoms with Gasteiger partial charge in [0.1, 0.15) is 4.88 Å². The molecular weight excluding hydrogens is 321 g/mol. The molecule has 0 fully saturated rings. The van der Waals surface area contributed by atoms with Crippen molar-refractivity contribution >= 4 is 52.1 Å². The Morgan fingerprint density at radius 3 is 2.70 bits per heavy atom. The van der Waals surface area contributed by atoms with Crippen LogP contribution in [-0.2, 0) is 9.53 Å². The average molecular weight is 330 g/mol. The molecule has 2 aromatic rings. The molecule has 2 rings (SSSR count). The van der Waals surface area contributed by atoms with Gasteiger partial charge in [-0.3, -0.25) is 4.79 Å². The van der Waals surface area contributed by atoms with Crippen LogP contribution in [0.5, 0.6) is 0 Å². The lowest BCUT2D eigenvalue weighted by molar-refractivity contribution is -0.119. The van der Waals surface area contributed by atoms with E-state index in [1.165, 1.54) is 17.4 Å². The lowest BCUT2D eigenvalue weighted by atomic mass is 10.3. The molecule has 0 spiro atoms. The van der Waals surface area contributed by atoms with Crippen LogP contribution in [0.15, 0.2) is 35.7 Å². The summed E-state index contributed by atoms with van der Waals surface area (Å²) >= 11 is 12.9. The van der Waals surface area contributed by atoms with Crippen molar-refractivity contribution in [2.75, 3.05) is 11.9 Å². The number of rotatable bonds is 4. The van der Waals surface area contributed by atoms with Crippen LogP contribution >= 0.6 is 34.5 Å². The predicted molar refractivity (Wildman–Crippen MR) is 79.7 cm³/mol. The number of benzene rings is 1. The first-order valence-electron chi connectivity index (χ1n) is 5.52. The first kappa shape index (κ1) is 14.8. The summed E-state index contributed by atoms with van der Waals surface area (Å²) in [5.74, 6) is -1.00. The molecule has 0 aliphatic rings. The normalized spacial score (nSPS) is 10.1.